The number of rotatable bonds is 4. The van der Waals surface area contributed by atoms with Gasteiger partial charge in [0.1, 0.15) is 5.65 Å². The minimum absolute atomic E-state index is 0.0678. The van der Waals surface area contributed by atoms with Crippen LogP contribution in [0.1, 0.15) is 25.7 Å². The summed E-state index contributed by atoms with van der Waals surface area (Å²) in [5.74, 6) is 0.530. The standard InChI is InChI=1S/C20H22N4O2S/c1-24-18-13(11-17(19(24)26)27-16-5-3-2-4-6-16)12-21-20(23-18)22-14-7-9-15(25)10-8-14/h2-6,11-12,14-15,25H,7-10H2,1H3,(H,21,22,23). The zero-order valence-corrected chi connectivity index (χ0v) is 15.9. The lowest BCUT2D eigenvalue weighted by Gasteiger charge is -2.26. The summed E-state index contributed by atoms with van der Waals surface area (Å²) in [6.07, 6.45) is 4.95. The monoisotopic (exact) mass is 382 g/mol. The second-order valence-electron chi connectivity index (χ2n) is 6.91. The summed E-state index contributed by atoms with van der Waals surface area (Å²) in [7, 11) is 1.74. The first-order valence-corrected chi connectivity index (χ1v) is 9.96. The Bertz CT molecular complexity index is 998. The van der Waals surface area contributed by atoms with E-state index in [0.717, 1.165) is 36.0 Å². The quantitative estimate of drug-likeness (QED) is 0.721. The molecule has 140 valence electrons. The number of nitrogens with zero attached hydrogens (tertiary/aromatic N) is 3. The SMILES string of the molecule is Cn1c(=O)c(Sc2ccccc2)cc2cnc(NC3CCC(O)CC3)nc21. The molecule has 3 aromatic rings. The number of pyridine rings is 1. The fourth-order valence-corrected chi connectivity index (χ4v) is 4.34. The van der Waals surface area contributed by atoms with E-state index in [1.807, 2.05) is 36.4 Å². The van der Waals surface area contributed by atoms with Crippen LogP contribution in [0.2, 0.25) is 0 Å². The van der Waals surface area contributed by atoms with Gasteiger partial charge in [0.25, 0.3) is 5.56 Å². The Hall–Kier alpha value is -2.38. The first-order valence-electron chi connectivity index (χ1n) is 9.14. The van der Waals surface area contributed by atoms with E-state index in [1.165, 1.54) is 11.8 Å². The fourth-order valence-electron chi connectivity index (χ4n) is 3.38. The van der Waals surface area contributed by atoms with Crippen LogP contribution in [0.4, 0.5) is 5.95 Å². The maximum atomic E-state index is 12.8. The van der Waals surface area contributed by atoms with Crippen molar-refractivity contribution < 1.29 is 5.11 Å². The van der Waals surface area contributed by atoms with Gasteiger partial charge in [-0.05, 0) is 43.9 Å². The highest BCUT2D eigenvalue weighted by atomic mass is 32.2. The minimum Gasteiger partial charge on any atom is -0.393 e. The molecule has 7 heteroatoms. The van der Waals surface area contributed by atoms with E-state index in [0.29, 0.717) is 16.5 Å². The molecular weight excluding hydrogens is 360 g/mol. The third-order valence-corrected chi connectivity index (χ3v) is 5.94. The molecule has 1 aromatic carbocycles. The molecule has 0 unspecified atom stereocenters. The molecule has 2 heterocycles. The van der Waals surface area contributed by atoms with E-state index in [-0.39, 0.29) is 17.7 Å². The highest BCUT2D eigenvalue weighted by Gasteiger charge is 2.20. The predicted molar refractivity (Wildman–Crippen MR) is 107 cm³/mol. The molecule has 6 nitrogen and oxygen atoms in total. The third-order valence-electron chi connectivity index (χ3n) is 4.92. The molecule has 1 saturated carbocycles. The molecule has 0 atom stereocenters. The van der Waals surface area contributed by atoms with Crippen LogP contribution in [0.25, 0.3) is 11.0 Å². The van der Waals surface area contributed by atoms with E-state index < -0.39 is 0 Å². The summed E-state index contributed by atoms with van der Waals surface area (Å²) in [6, 6.07) is 12.0. The second kappa shape index (κ2) is 7.70. The van der Waals surface area contributed by atoms with Crippen molar-refractivity contribution in [2.75, 3.05) is 5.32 Å². The lowest BCUT2D eigenvalue weighted by Crippen LogP contribution is -2.29. The number of aliphatic hydroxyl groups excluding tert-OH is 1. The van der Waals surface area contributed by atoms with Crippen LogP contribution in [0, 0.1) is 0 Å². The van der Waals surface area contributed by atoms with Crippen molar-refractivity contribution in [2.45, 2.75) is 47.6 Å². The molecule has 2 aromatic heterocycles. The Labute approximate surface area is 161 Å². The summed E-state index contributed by atoms with van der Waals surface area (Å²) >= 11 is 1.45. The number of aliphatic hydroxyl groups is 1. The summed E-state index contributed by atoms with van der Waals surface area (Å²) in [6.45, 7) is 0. The van der Waals surface area contributed by atoms with Gasteiger partial charge in [0.2, 0.25) is 5.95 Å². The van der Waals surface area contributed by atoms with Gasteiger partial charge in [-0.15, -0.1) is 0 Å². The first kappa shape index (κ1) is 18.0. The highest BCUT2D eigenvalue weighted by Crippen LogP contribution is 2.27. The lowest BCUT2D eigenvalue weighted by molar-refractivity contribution is 0.126. The zero-order valence-electron chi connectivity index (χ0n) is 15.1. The topological polar surface area (TPSA) is 80.0 Å². The van der Waals surface area contributed by atoms with E-state index >= 15 is 0 Å². The van der Waals surface area contributed by atoms with Gasteiger partial charge >= 0.3 is 0 Å². The summed E-state index contributed by atoms with van der Waals surface area (Å²) < 4.78 is 1.58. The molecule has 1 aliphatic rings. The summed E-state index contributed by atoms with van der Waals surface area (Å²) in [5, 5.41) is 13.8. The van der Waals surface area contributed by atoms with Crippen LogP contribution < -0.4 is 10.9 Å². The van der Waals surface area contributed by atoms with Crippen molar-refractivity contribution in [3.63, 3.8) is 0 Å². The van der Waals surface area contributed by atoms with Gasteiger partial charge in [0.05, 0.1) is 11.0 Å². The van der Waals surface area contributed by atoms with Crippen LogP contribution >= 0.6 is 11.8 Å². The molecule has 0 saturated heterocycles. The maximum Gasteiger partial charge on any atom is 0.265 e. The van der Waals surface area contributed by atoms with E-state index in [4.69, 9.17) is 0 Å². The molecule has 0 aliphatic heterocycles. The molecule has 4 rings (SSSR count). The number of nitrogens with one attached hydrogen (secondary N) is 1. The average Bonchev–Trinajstić information content (AvgIpc) is 2.69. The molecule has 2 N–H and O–H groups in total. The second-order valence-corrected chi connectivity index (χ2v) is 8.03. The molecular formula is C20H22N4O2S. The van der Waals surface area contributed by atoms with Crippen LogP contribution in [-0.2, 0) is 7.05 Å². The molecule has 0 radical (unpaired) electrons. The summed E-state index contributed by atoms with van der Waals surface area (Å²) in [4.78, 5) is 23.4. The van der Waals surface area contributed by atoms with Crippen molar-refractivity contribution in [3.05, 3.63) is 52.9 Å². The van der Waals surface area contributed by atoms with Gasteiger partial charge in [-0.1, -0.05) is 30.0 Å². The Morgan fingerprint density at radius 3 is 2.67 bits per heavy atom. The van der Waals surface area contributed by atoms with Crippen LogP contribution in [0.5, 0.6) is 0 Å². The molecule has 27 heavy (non-hydrogen) atoms. The predicted octanol–water partition coefficient (Wildman–Crippen LogP) is 3.20. The molecule has 0 amide bonds. The van der Waals surface area contributed by atoms with Crippen LogP contribution in [0.3, 0.4) is 0 Å². The zero-order chi connectivity index (χ0) is 18.8. The minimum atomic E-state index is -0.193. The van der Waals surface area contributed by atoms with Crippen LogP contribution in [-0.4, -0.2) is 31.8 Å². The number of aromatic nitrogens is 3. The molecule has 1 fully saturated rings. The van der Waals surface area contributed by atoms with Gasteiger partial charge in [-0.2, -0.15) is 4.98 Å². The van der Waals surface area contributed by atoms with E-state index in [9.17, 15) is 9.90 Å². The number of anilines is 1. The smallest absolute Gasteiger partial charge is 0.265 e. The van der Waals surface area contributed by atoms with Gasteiger partial charge in [-0.25, -0.2) is 4.98 Å². The number of fused-ring (bicyclic) bond motifs is 1. The van der Waals surface area contributed by atoms with Crippen LogP contribution in [0.15, 0.2) is 57.2 Å². The average molecular weight is 382 g/mol. The van der Waals surface area contributed by atoms with Crippen molar-refractivity contribution in [3.8, 4) is 0 Å². The largest absolute Gasteiger partial charge is 0.393 e. The van der Waals surface area contributed by atoms with Crippen molar-refractivity contribution in [1.82, 2.24) is 14.5 Å². The maximum absolute atomic E-state index is 12.8. The van der Waals surface area contributed by atoms with Crippen molar-refractivity contribution in [2.24, 2.45) is 7.05 Å². The van der Waals surface area contributed by atoms with Gasteiger partial charge < -0.3 is 10.4 Å². The summed E-state index contributed by atoms with van der Waals surface area (Å²) in [5.41, 5.74) is 0.549. The number of benzene rings is 1. The Morgan fingerprint density at radius 2 is 1.93 bits per heavy atom. The third kappa shape index (κ3) is 3.99. The lowest BCUT2D eigenvalue weighted by atomic mass is 9.93. The van der Waals surface area contributed by atoms with E-state index in [2.05, 4.69) is 15.3 Å². The Morgan fingerprint density at radius 1 is 1.19 bits per heavy atom. The Kier molecular flexibility index (Phi) is 5.13. The van der Waals surface area contributed by atoms with Gasteiger partial charge in [0.15, 0.2) is 0 Å². The first-order chi connectivity index (χ1) is 13.1. The number of hydrogen-bond acceptors (Lipinski definition) is 6. The van der Waals surface area contributed by atoms with E-state index in [1.54, 1.807) is 17.8 Å². The molecule has 0 spiro atoms. The normalized spacial score (nSPS) is 19.9. The Balaban J connectivity index is 1.61. The van der Waals surface area contributed by atoms with Gasteiger partial charge in [-0.3, -0.25) is 9.36 Å². The van der Waals surface area contributed by atoms with Crippen molar-refractivity contribution >= 4 is 28.7 Å². The number of aryl methyl sites for hydroxylation is 1. The molecule has 0 bridgehead atoms. The number of hydrogen-bond donors (Lipinski definition) is 2. The van der Waals surface area contributed by atoms with Gasteiger partial charge in [0, 0.05) is 29.6 Å². The molecule has 1 aliphatic carbocycles. The van der Waals surface area contributed by atoms with Crippen molar-refractivity contribution in [1.29, 1.82) is 0 Å². The highest BCUT2D eigenvalue weighted by molar-refractivity contribution is 7.99. The fraction of sp³-hybridized carbons (Fsp3) is 0.350.